The predicted octanol–water partition coefficient (Wildman–Crippen LogP) is 2.55. The molecule has 2 aliphatic rings. The number of amides is 4. The summed E-state index contributed by atoms with van der Waals surface area (Å²) >= 11 is 1.49. The molecule has 1 atom stereocenters. The standard InChI is InChI=1S/C22H17FN4O4S/c23-15-3-1-14(2-4-15)22(20(29)25-21(30)26-22)12-27-10-13-9-16(5-6-17(13)19(27)28)31-11-18-24-7-8-32-18/h1-9H,10-12H2,(H2,25,26,29,30). The molecule has 0 saturated carbocycles. The molecule has 0 radical (unpaired) electrons. The van der Waals surface area contributed by atoms with Gasteiger partial charge in [-0.15, -0.1) is 11.3 Å². The van der Waals surface area contributed by atoms with E-state index >= 15 is 0 Å². The van der Waals surface area contributed by atoms with Crippen LogP contribution in [0.15, 0.2) is 54.0 Å². The Balaban J connectivity index is 1.39. The average Bonchev–Trinajstić information content (AvgIpc) is 3.47. The summed E-state index contributed by atoms with van der Waals surface area (Å²) in [4.78, 5) is 43.4. The minimum Gasteiger partial charge on any atom is -0.486 e. The second kappa shape index (κ2) is 7.72. The lowest BCUT2D eigenvalue weighted by molar-refractivity contribution is -0.124. The van der Waals surface area contributed by atoms with Gasteiger partial charge < -0.3 is 15.0 Å². The summed E-state index contributed by atoms with van der Waals surface area (Å²) < 4.78 is 19.2. The van der Waals surface area contributed by atoms with E-state index in [1.54, 1.807) is 24.4 Å². The summed E-state index contributed by atoms with van der Waals surface area (Å²) in [5.41, 5.74) is 0.141. The van der Waals surface area contributed by atoms with E-state index in [1.165, 1.54) is 40.5 Å². The molecule has 5 rings (SSSR count). The Morgan fingerprint density at radius 1 is 1.16 bits per heavy atom. The summed E-state index contributed by atoms with van der Waals surface area (Å²) in [6.45, 7) is 0.474. The lowest BCUT2D eigenvalue weighted by Crippen LogP contribution is -2.52. The van der Waals surface area contributed by atoms with Crippen molar-refractivity contribution < 1.29 is 23.5 Å². The molecule has 2 N–H and O–H groups in total. The molecule has 1 unspecified atom stereocenters. The third kappa shape index (κ3) is 3.48. The minimum atomic E-state index is -1.51. The van der Waals surface area contributed by atoms with Gasteiger partial charge in [-0.2, -0.15) is 0 Å². The first kappa shape index (κ1) is 20.1. The van der Waals surface area contributed by atoms with Gasteiger partial charge in [-0.1, -0.05) is 12.1 Å². The average molecular weight is 452 g/mol. The molecule has 2 aromatic carbocycles. The number of carbonyl (C=O) groups is 3. The van der Waals surface area contributed by atoms with Gasteiger partial charge in [0.05, 0.1) is 6.54 Å². The first-order valence-corrected chi connectivity index (χ1v) is 10.7. The van der Waals surface area contributed by atoms with Gasteiger partial charge in [0.15, 0.2) is 5.54 Å². The topological polar surface area (TPSA) is 101 Å². The van der Waals surface area contributed by atoms with Crippen molar-refractivity contribution in [1.29, 1.82) is 0 Å². The van der Waals surface area contributed by atoms with Crippen molar-refractivity contribution >= 4 is 29.2 Å². The van der Waals surface area contributed by atoms with E-state index in [1.807, 2.05) is 5.38 Å². The number of hydrogen-bond donors (Lipinski definition) is 2. The zero-order chi connectivity index (χ0) is 22.3. The molecule has 162 valence electrons. The number of ether oxygens (including phenoxy) is 1. The monoisotopic (exact) mass is 452 g/mol. The molecular weight excluding hydrogens is 435 g/mol. The molecule has 32 heavy (non-hydrogen) atoms. The zero-order valence-electron chi connectivity index (χ0n) is 16.6. The highest BCUT2D eigenvalue weighted by Crippen LogP contribution is 2.32. The Bertz CT molecular complexity index is 1220. The van der Waals surface area contributed by atoms with Gasteiger partial charge in [-0.3, -0.25) is 14.9 Å². The molecule has 2 aliphatic heterocycles. The summed E-state index contributed by atoms with van der Waals surface area (Å²) in [6, 6.07) is 9.81. The van der Waals surface area contributed by atoms with Gasteiger partial charge in [0.25, 0.3) is 11.8 Å². The number of carbonyl (C=O) groups excluding carboxylic acids is 3. The molecule has 4 amide bonds. The number of benzene rings is 2. The maximum atomic E-state index is 13.4. The maximum absolute atomic E-state index is 13.4. The van der Waals surface area contributed by atoms with E-state index in [4.69, 9.17) is 4.74 Å². The van der Waals surface area contributed by atoms with Crippen molar-refractivity contribution in [1.82, 2.24) is 20.5 Å². The Kier molecular flexibility index (Phi) is 4.86. The van der Waals surface area contributed by atoms with Crippen LogP contribution in [0, 0.1) is 5.82 Å². The van der Waals surface area contributed by atoms with Crippen LogP contribution in [0.5, 0.6) is 5.75 Å². The SMILES string of the molecule is O=C1NC(=O)C(CN2Cc3cc(OCc4nccs4)ccc3C2=O)(c2ccc(F)cc2)N1. The van der Waals surface area contributed by atoms with E-state index < -0.39 is 23.3 Å². The highest BCUT2D eigenvalue weighted by atomic mass is 32.1. The van der Waals surface area contributed by atoms with Crippen LogP contribution in [0.2, 0.25) is 0 Å². The fourth-order valence-electron chi connectivity index (χ4n) is 3.96. The summed E-state index contributed by atoms with van der Waals surface area (Å²) in [5, 5.41) is 7.56. The number of halogens is 1. The number of aromatic nitrogens is 1. The van der Waals surface area contributed by atoms with Crippen LogP contribution in [0.25, 0.3) is 0 Å². The quantitative estimate of drug-likeness (QED) is 0.560. The van der Waals surface area contributed by atoms with Gasteiger partial charge in [-0.25, -0.2) is 14.2 Å². The van der Waals surface area contributed by atoms with Crippen LogP contribution in [-0.2, 0) is 23.5 Å². The van der Waals surface area contributed by atoms with Gasteiger partial charge in [0.1, 0.15) is 23.2 Å². The van der Waals surface area contributed by atoms with Crippen LogP contribution >= 0.6 is 11.3 Å². The van der Waals surface area contributed by atoms with Gasteiger partial charge in [0, 0.05) is 23.7 Å². The van der Waals surface area contributed by atoms with E-state index in [0.29, 0.717) is 23.5 Å². The molecule has 3 aromatic rings. The van der Waals surface area contributed by atoms with E-state index in [9.17, 15) is 18.8 Å². The molecule has 8 nitrogen and oxygen atoms in total. The number of fused-ring (bicyclic) bond motifs is 1. The highest BCUT2D eigenvalue weighted by Gasteiger charge is 2.50. The van der Waals surface area contributed by atoms with Crippen molar-refractivity contribution in [2.45, 2.75) is 18.7 Å². The first-order valence-electron chi connectivity index (χ1n) is 9.78. The van der Waals surface area contributed by atoms with Crippen molar-refractivity contribution in [3.05, 3.63) is 81.6 Å². The first-order chi connectivity index (χ1) is 15.4. The van der Waals surface area contributed by atoms with E-state index in [2.05, 4.69) is 15.6 Å². The fourth-order valence-corrected chi connectivity index (χ4v) is 4.49. The number of nitrogens with zero attached hydrogens (tertiary/aromatic N) is 2. The Morgan fingerprint density at radius 2 is 1.97 bits per heavy atom. The van der Waals surface area contributed by atoms with Crippen molar-refractivity contribution in [3.63, 3.8) is 0 Å². The van der Waals surface area contributed by atoms with Gasteiger partial charge in [0.2, 0.25) is 0 Å². The van der Waals surface area contributed by atoms with Crippen LogP contribution in [0.1, 0.15) is 26.5 Å². The molecule has 1 fully saturated rings. The number of imide groups is 1. The molecule has 0 spiro atoms. The third-order valence-corrected chi connectivity index (χ3v) is 6.26. The van der Waals surface area contributed by atoms with Crippen LogP contribution in [0.3, 0.4) is 0 Å². The molecule has 0 aliphatic carbocycles. The molecule has 10 heteroatoms. The van der Waals surface area contributed by atoms with E-state index in [-0.39, 0.29) is 19.0 Å². The Labute approximate surface area is 186 Å². The molecular formula is C22H17FN4O4S. The van der Waals surface area contributed by atoms with Crippen LogP contribution in [0.4, 0.5) is 9.18 Å². The number of thiazole rings is 1. The molecule has 1 saturated heterocycles. The Hall–Kier alpha value is -3.79. The largest absolute Gasteiger partial charge is 0.486 e. The smallest absolute Gasteiger partial charge is 0.322 e. The summed E-state index contributed by atoms with van der Waals surface area (Å²) in [5.74, 6) is -0.718. The molecule has 1 aromatic heterocycles. The minimum absolute atomic E-state index is 0.0982. The van der Waals surface area contributed by atoms with Gasteiger partial charge in [-0.05, 0) is 41.5 Å². The Morgan fingerprint density at radius 3 is 2.66 bits per heavy atom. The van der Waals surface area contributed by atoms with Crippen molar-refractivity contribution in [2.75, 3.05) is 6.54 Å². The highest BCUT2D eigenvalue weighted by molar-refractivity contribution is 7.09. The fraction of sp³-hybridized carbons (Fsp3) is 0.182. The van der Waals surface area contributed by atoms with Crippen molar-refractivity contribution in [3.8, 4) is 5.75 Å². The number of urea groups is 1. The lowest BCUT2D eigenvalue weighted by Gasteiger charge is -2.31. The maximum Gasteiger partial charge on any atom is 0.322 e. The van der Waals surface area contributed by atoms with Crippen LogP contribution in [-0.4, -0.2) is 34.3 Å². The predicted molar refractivity (Wildman–Crippen MR) is 112 cm³/mol. The van der Waals surface area contributed by atoms with E-state index in [0.717, 1.165) is 10.6 Å². The van der Waals surface area contributed by atoms with Crippen LogP contribution < -0.4 is 15.4 Å². The second-order valence-corrected chi connectivity index (χ2v) is 8.49. The molecule has 3 heterocycles. The number of nitrogens with one attached hydrogen (secondary N) is 2. The molecule has 0 bridgehead atoms. The second-order valence-electron chi connectivity index (χ2n) is 7.52. The normalized spacial score (nSPS) is 19.7. The summed E-state index contributed by atoms with van der Waals surface area (Å²) in [6.07, 6.45) is 1.71. The lowest BCUT2D eigenvalue weighted by atomic mass is 9.89. The zero-order valence-corrected chi connectivity index (χ0v) is 17.4. The van der Waals surface area contributed by atoms with Crippen molar-refractivity contribution in [2.24, 2.45) is 0 Å². The third-order valence-electron chi connectivity index (χ3n) is 5.51. The number of hydrogen-bond acceptors (Lipinski definition) is 6. The summed E-state index contributed by atoms with van der Waals surface area (Å²) in [7, 11) is 0. The number of rotatable bonds is 6. The van der Waals surface area contributed by atoms with Gasteiger partial charge >= 0.3 is 6.03 Å².